The Bertz CT molecular complexity index is 684. The van der Waals surface area contributed by atoms with Crippen LogP contribution >= 0.6 is 11.8 Å². The summed E-state index contributed by atoms with van der Waals surface area (Å²) in [5.41, 5.74) is 0.983. The molecule has 0 unspecified atom stereocenters. The first-order chi connectivity index (χ1) is 11.7. The van der Waals surface area contributed by atoms with Crippen molar-refractivity contribution < 1.29 is 4.74 Å². The highest BCUT2D eigenvalue weighted by Gasteiger charge is 2.22. The van der Waals surface area contributed by atoms with Gasteiger partial charge in [-0.05, 0) is 20.1 Å². The number of anilines is 3. The average molecular weight is 349 g/mol. The highest BCUT2D eigenvalue weighted by Crippen LogP contribution is 2.36. The summed E-state index contributed by atoms with van der Waals surface area (Å²) < 4.78 is 5.90. The Hall–Kier alpha value is -2.00. The minimum atomic E-state index is 0.551. The molecule has 0 bridgehead atoms. The van der Waals surface area contributed by atoms with E-state index >= 15 is 0 Å². The standard InChI is InChI=1S/C15H23N7OS/c1-4-23-12-13(17-11-9-10(2)20-21-11)18-15(24-3)19-14(12)22-7-5-16-6-8-22/h9,16H,4-8H2,1-3H3,(H2,17,18,19,20,21). The summed E-state index contributed by atoms with van der Waals surface area (Å²) in [6.45, 7) is 8.14. The summed E-state index contributed by atoms with van der Waals surface area (Å²) >= 11 is 1.52. The van der Waals surface area contributed by atoms with Crippen molar-refractivity contribution in [3.05, 3.63) is 11.8 Å². The summed E-state index contributed by atoms with van der Waals surface area (Å²) in [6.07, 6.45) is 1.97. The van der Waals surface area contributed by atoms with E-state index in [2.05, 4.69) is 30.7 Å². The van der Waals surface area contributed by atoms with Crippen molar-refractivity contribution >= 4 is 29.2 Å². The van der Waals surface area contributed by atoms with Gasteiger partial charge < -0.3 is 20.3 Å². The van der Waals surface area contributed by atoms with E-state index in [9.17, 15) is 0 Å². The van der Waals surface area contributed by atoms with E-state index in [4.69, 9.17) is 9.72 Å². The van der Waals surface area contributed by atoms with E-state index in [1.807, 2.05) is 26.2 Å². The van der Waals surface area contributed by atoms with Crippen LogP contribution in [0.5, 0.6) is 5.75 Å². The maximum absolute atomic E-state index is 5.90. The number of aryl methyl sites for hydroxylation is 1. The number of piperazine rings is 1. The molecule has 3 rings (SSSR count). The van der Waals surface area contributed by atoms with E-state index < -0.39 is 0 Å². The number of aromatic amines is 1. The van der Waals surface area contributed by atoms with Gasteiger partial charge in [-0.3, -0.25) is 5.10 Å². The maximum atomic E-state index is 5.90. The highest BCUT2D eigenvalue weighted by atomic mass is 32.2. The molecule has 3 heterocycles. The number of nitrogens with zero attached hydrogens (tertiary/aromatic N) is 4. The van der Waals surface area contributed by atoms with Crippen LogP contribution in [-0.2, 0) is 0 Å². The molecule has 1 saturated heterocycles. The van der Waals surface area contributed by atoms with Gasteiger partial charge in [-0.25, -0.2) is 9.97 Å². The fourth-order valence-corrected chi connectivity index (χ4v) is 2.93. The molecule has 2 aromatic rings. The summed E-state index contributed by atoms with van der Waals surface area (Å²) in [4.78, 5) is 11.5. The Morgan fingerprint density at radius 3 is 2.75 bits per heavy atom. The van der Waals surface area contributed by atoms with Crippen molar-refractivity contribution in [3.8, 4) is 5.75 Å². The Labute approximate surface area is 145 Å². The Kier molecular flexibility index (Phi) is 5.41. The molecule has 0 radical (unpaired) electrons. The van der Waals surface area contributed by atoms with Crippen LogP contribution in [0.4, 0.5) is 17.5 Å². The van der Waals surface area contributed by atoms with Crippen LogP contribution in [-0.4, -0.2) is 59.2 Å². The molecule has 0 atom stereocenters. The Balaban J connectivity index is 2.00. The Morgan fingerprint density at radius 2 is 2.12 bits per heavy atom. The van der Waals surface area contributed by atoms with Crippen molar-refractivity contribution in [2.75, 3.05) is 49.3 Å². The molecule has 0 amide bonds. The predicted octanol–water partition coefficient (Wildman–Crippen LogP) is 1.78. The van der Waals surface area contributed by atoms with Crippen LogP contribution in [0.3, 0.4) is 0 Å². The highest BCUT2D eigenvalue weighted by molar-refractivity contribution is 7.98. The molecule has 1 fully saturated rings. The van der Waals surface area contributed by atoms with Crippen LogP contribution < -0.4 is 20.3 Å². The monoisotopic (exact) mass is 349 g/mol. The molecule has 8 nitrogen and oxygen atoms in total. The zero-order valence-corrected chi connectivity index (χ0v) is 15.0. The first-order valence-corrected chi connectivity index (χ1v) is 9.27. The van der Waals surface area contributed by atoms with Gasteiger partial charge >= 0.3 is 0 Å². The van der Waals surface area contributed by atoms with Crippen molar-refractivity contribution in [1.82, 2.24) is 25.5 Å². The number of H-pyrrole nitrogens is 1. The molecule has 0 aliphatic carbocycles. The topological polar surface area (TPSA) is 91.0 Å². The van der Waals surface area contributed by atoms with Gasteiger partial charge in [0.1, 0.15) is 0 Å². The molecule has 9 heteroatoms. The Morgan fingerprint density at radius 1 is 1.33 bits per heavy atom. The van der Waals surface area contributed by atoms with Gasteiger partial charge in [0, 0.05) is 37.9 Å². The number of hydrogen-bond donors (Lipinski definition) is 3. The second kappa shape index (κ2) is 7.71. The van der Waals surface area contributed by atoms with E-state index in [0.717, 1.165) is 37.7 Å². The summed E-state index contributed by atoms with van der Waals surface area (Å²) in [5, 5.41) is 14.5. The molecule has 0 saturated carbocycles. The van der Waals surface area contributed by atoms with Gasteiger partial charge in [0.2, 0.25) is 5.75 Å². The fraction of sp³-hybridized carbons (Fsp3) is 0.533. The molecule has 2 aromatic heterocycles. The van der Waals surface area contributed by atoms with Crippen molar-refractivity contribution in [3.63, 3.8) is 0 Å². The lowest BCUT2D eigenvalue weighted by Crippen LogP contribution is -2.44. The molecule has 0 aromatic carbocycles. The zero-order chi connectivity index (χ0) is 16.9. The van der Waals surface area contributed by atoms with Crippen LogP contribution in [0.25, 0.3) is 0 Å². The molecule has 24 heavy (non-hydrogen) atoms. The van der Waals surface area contributed by atoms with Gasteiger partial charge in [-0.1, -0.05) is 11.8 Å². The summed E-state index contributed by atoms with van der Waals surface area (Å²) in [7, 11) is 0. The van der Waals surface area contributed by atoms with Crippen molar-refractivity contribution in [1.29, 1.82) is 0 Å². The lowest BCUT2D eigenvalue weighted by Gasteiger charge is -2.30. The fourth-order valence-electron chi connectivity index (χ4n) is 2.57. The number of rotatable bonds is 6. The lowest BCUT2D eigenvalue weighted by molar-refractivity contribution is 0.338. The SMILES string of the molecule is CCOc1c(Nc2cc(C)[nH]n2)nc(SC)nc1N1CCNCC1. The van der Waals surface area contributed by atoms with Crippen LogP contribution in [0.2, 0.25) is 0 Å². The van der Waals surface area contributed by atoms with Crippen molar-refractivity contribution in [2.45, 2.75) is 19.0 Å². The normalized spacial score (nSPS) is 14.7. The minimum Gasteiger partial charge on any atom is -0.487 e. The molecule has 3 N–H and O–H groups in total. The summed E-state index contributed by atoms with van der Waals surface area (Å²) in [5.74, 6) is 2.88. The number of nitrogens with one attached hydrogen (secondary N) is 3. The second-order valence-corrected chi connectivity index (χ2v) is 6.22. The number of ether oxygens (including phenoxy) is 1. The molecular formula is C15H23N7OS. The summed E-state index contributed by atoms with van der Waals surface area (Å²) in [6, 6.07) is 1.93. The third-order valence-corrected chi connectivity index (χ3v) is 4.22. The third-order valence-electron chi connectivity index (χ3n) is 3.67. The largest absolute Gasteiger partial charge is 0.487 e. The molecule has 130 valence electrons. The van der Waals surface area contributed by atoms with Gasteiger partial charge in [-0.2, -0.15) is 5.10 Å². The van der Waals surface area contributed by atoms with Gasteiger partial charge in [-0.15, -0.1) is 0 Å². The quantitative estimate of drug-likeness (QED) is 0.537. The van der Waals surface area contributed by atoms with E-state index in [0.29, 0.717) is 29.1 Å². The third kappa shape index (κ3) is 3.73. The first-order valence-electron chi connectivity index (χ1n) is 8.04. The number of aromatic nitrogens is 4. The smallest absolute Gasteiger partial charge is 0.205 e. The zero-order valence-electron chi connectivity index (χ0n) is 14.2. The minimum absolute atomic E-state index is 0.551. The van der Waals surface area contributed by atoms with E-state index in [-0.39, 0.29) is 0 Å². The molecule has 1 aliphatic rings. The van der Waals surface area contributed by atoms with E-state index in [1.165, 1.54) is 11.8 Å². The van der Waals surface area contributed by atoms with Gasteiger partial charge in [0.05, 0.1) is 6.61 Å². The van der Waals surface area contributed by atoms with Crippen molar-refractivity contribution in [2.24, 2.45) is 0 Å². The van der Waals surface area contributed by atoms with Gasteiger partial charge in [0.25, 0.3) is 0 Å². The number of hydrogen-bond acceptors (Lipinski definition) is 8. The first kappa shape index (κ1) is 16.8. The van der Waals surface area contributed by atoms with E-state index in [1.54, 1.807) is 0 Å². The maximum Gasteiger partial charge on any atom is 0.205 e. The molecule has 0 spiro atoms. The van der Waals surface area contributed by atoms with Crippen LogP contribution in [0.1, 0.15) is 12.6 Å². The lowest BCUT2D eigenvalue weighted by atomic mass is 10.3. The molecule has 1 aliphatic heterocycles. The van der Waals surface area contributed by atoms with Crippen LogP contribution in [0.15, 0.2) is 11.2 Å². The second-order valence-electron chi connectivity index (χ2n) is 5.44. The predicted molar refractivity (Wildman–Crippen MR) is 96.7 cm³/mol. The van der Waals surface area contributed by atoms with Gasteiger partial charge in [0.15, 0.2) is 22.6 Å². The van der Waals surface area contributed by atoms with Crippen LogP contribution in [0, 0.1) is 6.92 Å². The average Bonchev–Trinajstić information content (AvgIpc) is 3.02. The molecular weight excluding hydrogens is 326 g/mol. The number of thioether (sulfide) groups is 1.